The summed E-state index contributed by atoms with van der Waals surface area (Å²) < 4.78 is 11.2. The summed E-state index contributed by atoms with van der Waals surface area (Å²) in [5.74, 6) is 0.0297. The largest absolute Gasteiger partial charge is 0.453 e. The number of benzene rings is 3. The van der Waals surface area contributed by atoms with E-state index in [0.29, 0.717) is 30.9 Å². The van der Waals surface area contributed by atoms with Crippen molar-refractivity contribution in [3.63, 3.8) is 0 Å². The highest BCUT2D eigenvalue weighted by molar-refractivity contribution is 5.98. The van der Waals surface area contributed by atoms with Crippen LogP contribution in [0.5, 0.6) is 0 Å². The number of H-pyrrole nitrogens is 1. The molecule has 5 aromatic rings. The highest BCUT2D eigenvalue weighted by atomic mass is 16.5. The van der Waals surface area contributed by atoms with Gasteiger partial charge in [0.2, 0.25) is 5.91 Å². The first-order chi connectivity index (χ1) is 22.5. The maximum Gasteiger partial charge on any atom is 0.407 e. The predicted octanol–water partition coefficient (Wildman–Crippen LogP) is 5.42. The fourth-order valence-electron chi connectivity index (χ4n) is 5.97. The molecule has 10 heteroatoms. The molecule has 0 spiro atoms. The van der Waals surface area contributed by atoms with Crippen LogP contribution in [-0.2, 0) is 20.7 Å². The second-order valence-electron chi connectivity index (χ2n) is 11.5. The van der Waals surface area contributed by atoms with Crippen LogP contribution in [0, 0.1) is 6.92 Å². The van der Waals surface area contributed by atoms with Gasteiger partial charge in [-0.25, -0.2) is 14.8 Å². The maximum absolute atomic E-state index is 14.0. The van der Waals surface area contributed by atoms with Crippen LogP contribution in [0.1, 0.15) is 46.5 Å². The lowest BCUT2D eigenvalue weighted by molar-refractivity contribution is -0.118. The molecule has 2 aromatic heterocycles. The summed E-state index contributed by atoms with van der Waals surface area (Å²) in [6.45, 7) is 3.19. The average molecular weight is 619 g/mol. The highest BCUT2D eigenvalue weighted by Crippen LogP contribution is 2.30. The summed E-state index contributed by atoms with van der Waals surface area (Å²) >= 11 is 0. The number of anilines is 1. The monoisotopic (exact) mass is 618 g/mol. The molecule has 0 bridgehead atoms. The number of ether oxygens (including phenoxy) is 2. The van der Waals surface area contributed by atoms with E-state index in [-0.39, 0.29) is 18.1 Å². The fourth-order valence-corrected chi connectivity index (χ4v) is 5.97. The minimum Gasteiger partial charge on any atom is -0.453 e. The first kappa shape index (κ1) is 30.9. The number of nitrogens with zero attached hydrogens (tertiary/aromatic N) is 2. The number of methoxy groups -OCH3 is 1. The Morgan fingerprint density at radius 3 is 2.33 bits per heavy atom. The van der Waals surface area contributed by atoms with Crippen molar-refractivity contribution in [3.05, 3.63) is 125 Å². The molecule has 3 aromatic carbocycles. The Labute approximate surface area is 268 Å². The summed E-state index contributed by atoms with van der Waals surface area (Å²) in [7, 11) is 1.29. The number of rotatable bonds is 10. The van der Waals surface area contributed by atoms with Crippen LogP contribution >= 0.6 is 0 Å². The smallest absolute Gasteiger partial charge is 0.407 e. The van der Waals surface area contributed by atoms with E-state index in [1.54, 1.807) is 6.20 Å². The zero-order valence-corrected chi connectivity index (χ0v) is 25.9. The van der Waals surface area contributed by atoms with E-state index in [1.165, 1.54) is 7.11 Å². The molecule has 4 N–H and O–H groups in total. The van der Waals surface area contributed by atoms with Crippen molar-refractivity contribution in [1.82, 2.24) is 25.6 Å². The van der Waals surface area contributed by atoms with E-state index in [9.17, 15) is 9.59 Å². The topological polar surface area (TPSA) is 130 Å². The van der Waals surface area contributed by atoms with Crippen molar-refractivity contribution >= 4 is 28.9 Å². The first-order valence-electron chi connectivity index (χ1n) is 15.5. The molecule has 6 rings (SSSR count). The quantitative estimate of drug-likeness (QED) is 0.164. The highest BCUT2D eigenvalue weighted by Gasteiger charge is 2.33. The molecule has 10 nitrogen and oxygen atoms in total. The van der Waals surface area contributed by atoms with Gasteiger partial charge in [0.1, 0.15) is 11.9 Å². The number of para-hydroxylation sites is 1. The summed E-state index contributed by atoms with van der Waals surface area (Å²) in [5.41, 5.74) is 6.22. The number of aromatic nitrogens is 3. The number of hydrogen-bond acceptors (Lipinski definition) is 7. The van der Waals surface area contributed by atoms with E-state index in [0.717, 1.165) is 40.0 Å². The summed E-state index contributed by atoms with van der Waals surface area (Å²) in [6, 6.07) is 28.1. The van der Waals surface area contributed by atoms with Crippen LogP contribution in [-0.4, -0.2) is 59.4 Å². The van der Waals surface area contributed by atoms with Gasteiger partial charge in [-0.2, -0.15) is 0 Å². The predicted molar refractivity (Wildman–Crippen MR) is 177 cm³/mol. The Bertz CT molecular complexity index is 1730. The number of carbonyl (C=O) groups excluding carboxylic acids is 2. The van der Waals surface area contributed by atoms with Gasteiger partial charge in [0.25, 0.3) is 0 Å². The van der Waals surface area contributed by atoms with Crippen LogP contribution in [0.3, 0.4) is 0 Å². The zero-order chi connectivity index (χ0) is 31.9. The van der Waals surface area contributed by atoms with E-state index in [2.05, 4.69) is 30.9 Å². The molecule has 3 atom stereocenters. The van der Waals surface area contributed by atoms with Gasteiger partial charge in [-0.15, -0.1) is 0 Å². The molecule has 2 amide bonds. The minimum absolute atomic E-state index is 0.00136. The van der Waals surface area contributed by atoms with E-state index in [1.807, 2.05) is 97.9 Å². The molecule has 0 radical (unpaired) electrons. The Kier molecular flexibility index (Phi) is 9.66. The Hall–Kier alpha value is -5.06. The number of imidazole rings is 1. The van der Waals surface area contributed by atoms with E-state index >= 15 is 0 Å². The van der Waals surface area contributed by atoms with Crippen LogP contribution in [0.25, 0.3) is 11.2 Å². The normalized spacial score (nSPS) is 17.0. The molecule has 0 aliphatic carbocycles. The average Bonchev–Trinajstić information content (AvgIpc) is 3.54. The number of morpholine rings is 1. The van der Waals surface area contributed by atoms with Gasteiger partial charge < -0.3 is 30.4 Å². The van der Waals surface area contributed by atoms with Crippen molar-refractivity contribution in [1.29, 1.82) is 0 Å². The number of amides is 2. The molecule has 46 heavy (non-hydrogen) atoms. The molecule has 0 saturated carbocycles. The van der Waals surface area contributed by atoms with Gasteiger partial charge in [0, 0.05) is 24.3 Å². The van der Waals surface area contributed by atoms with Crippen LogP contribution in [0.15, 0.2) is 97.2 Å². The van der Waals surface area contributed by atoms with Gasteiger partial charge in [0.05, 0.1) is 31.4 Å². The van der Waals surface area contributed by atoms with Crippen LogP contribution in [0.2, 0.25) is 0 Å². The number of alkyl carbamates (subject to hydrolysis) is 1. The van der Waals surface area contributed by atoms with Crippen molar-refractivity contribution in [2.45, 2.75) is 43.9 Å². The first-order valence-corrected chi connectivity index (χ1v) is 15.5. The van der Waals surface area contributed by atoms with E-state index < -0.39 is 18.1 Å². The second kappa shape index (κ2) is 14.4. The molecule has 1 aliphatic heterocycles. The Morgan fingerprint density at radius 2 is 1.67 bits per heavy atom. The SMILES string of the molecule is COC(=O)N[C@H](C(=O)Nc1ccccc1CC[C@@H]1CN[C@H](c2nc3nccc(C)c3[nH]2)CO1)C(c1ccccc1)c1ccccc1. The lowest BCUT2D eigenvalue weighted by atomic mass is 9.84. The minimum atomic E-state index is -0.939. The molecular formula is C36H38N6O4. The third kappa shape index (κ3) is 7.09. The molecule has 3 heterocycles. The zero-order valence-electron chi connectivity index (χ0n) is 25.9. The molecule has 1 aliphatic rings. The molecule has 236 valence electrons. The summed E-state index contributed by atoms with van der Waals surface area (Å²) in [4.78, 5) is 39.0. The standard InChI is InChI=1S/C36H38N6O4/c1-23-19-20-37-34-31(23)40-33(42-34)29-22-46-27(21-38-29)18-17-24-11-9-10-16-28(24)39-35(43)32(41-36(44)45-2)30(25-12-5-3-6-13-25)26-14-7-4-8-15-26/h3-16,19-20,27,29-30,32,38H,17-18,21-22H2,1-2H3,(H,39,43)(H,41,44)(H,37,40,42)/t27-,29+,32+/m1/s1. The molecule has 1 saturated heterocycles. The van der Waals surface area contributed by atoms with Gasteiger partial charge in [-0.1, -0.05) is 78.9 Å². The lowest BCUT2D eigenvalue weighted by Gasteiger charge is -2.30. The van der Waals surface area contributed by atoms with Crippen molar-refractivity contribution in [2.24, 2.45) is 0 Å². The Morgan fingerprint density at radius 1 is 0.978 bits per heavy atom. The fraction of sp³-hybridized carbons (Fsp3) is 0.278. The van der Waals surface area contributed by atoms with Crippen LogP contribution < -0.4 is 16.0 Å². The van der Waals surface area contributed by atoms with Crippen molar-refractivity contribution < 1.29 is 19.1 Å². The number of hydrogen-bond donors (Lipinski definition) is 4. The van der Waals surface area contributed by atoms with Crippen LogP contribution in [0.4, 0.5) is 10.5 Å². The van der Waals surface area contributed by atoms with Gasteiger partial charge in [-0.05, 0) is 54.2 Å². The number of fused-ring (bicyclic) bond motifs is 1. The molecular weight excluding hydrogens is 580 g/mol. The number of nitrogens with one attached hydrogen (secondary N) is 4. The Balaban J connectivity index is 1.14. The van der Waals surface area contributed by atoms with Crippen molar-refractivity contribution in [2.75, 3.05) is 25.6 Å². The third-order valence-electron chi connectivity index (χ3n) is 8.44. The molecule has 1 fully saturated rings. The maximum atomic E-state index is 14.0. The molecule has 0 unspecified atom stereocenters. The number of aromatic amines is 1. The number of carbonyl (C=O) groups is 2. The summed E-state index contributed by atoms with van der Waals surface area (Å²) in [5, 5.41) is 9.48. The van der Waals surface area contributed by atoms with Gasteiger partial charge >= 0.3 is 6.09 Å². The second-order valence-corrected chi connectivity index (χ2v) is 11.5. The van der Waals surface area contributed by atoms with Crippen molar-refractivity contribution in [3.8, 4) is 0 Å². The number of pyridine rings is 1. The van der Waals surface area contributed by atoms with E-state index in [4.69, 9.17) is 9.47 Å². The van der Waals surface area contributed by atoms with Gasteiger partial charge in [0.15, 0.2) is 5.65 Å². The third-order valence-corrected chi connectivity index (χ3v) is 8.44. The summed E-state index contributed by atoms with van der Waals surface area (Å²) in [6.07, 6.45) is 2.54. The number of aryl methyl sites for hydroxylation is 2. The van der Waals surface area contributed by atoms with Gasteiger partial charge in [-0.3, -0.25) is 4.79 Å². The lowest BCUT2D eigenvalue weighted by Crippen LogP contribution is -2.48.